The van der Waals surface area contributed by atoms with Crippen molar-refractivity contribution in [1.29, 1.82) is 0 Å². The number of benzene rings is 1. The van der Waals surface area contributed by atoms with Crippen molar-refractivity contribution in [3.63, 3.8) is 0 Å². The molecule has 0 aromatic heterocycles. The second-order valence-corrected chi connectivity index (χ2v) is 6.50. The molecule has 21 heavy (non-hydrogen) atoms. The highest BCUT2D eigenvalue weighted by molar-refractivity contribution is 7.90. The molecule has 1 unspecified atom stereocenters. The van der Waals surface area contributed by atoms with E-state index in [2.05, 4.69) is 4.40 Å². The topological polar surface area (TPSA) is 96.3 Å². The molecule has 2 heterocycles. The van der Waals surface area contributed by atoms with Gasteiger partial charge < -0.3 is 14.7 Å². The van der Waals surface area contributed by atoms with E-state index in [1.54, 1.807) is 23.1 Å². The van der Waals surface area contributed by atoms with E-state index in [0.717, 1.165) is 0 Å². The van der Waals surface area contributed by atoms with E-state index in [9.17, 15) is 13.2 Å². The number of hydrogen-bond acceptors (Lipinski definition) is 5. The van der Waals surface area contributed by atoms with Crippen molar-refractivity contribution in [1.82, 2.24) is 4.90 Å². The summed E-state index contributed by atoms with van der Waals surface area (Å²) in [6.07, 6.45) is -0.576. The number of amidine groups is 1. The summed E-state index contributed by atoms with van der Waals surface area (Å²) in [7, 11) is -3.66. The Morgan fingerprint density at radius 1 is 1.43 bits per heavy atom. The number of rotatable bonds is 2. The van der Waals surface area contributed by atoms with Gasteiger partial charge in [0.1, 0.15) is 4.90 Å². The van der Waals surface area contributed by atoms with E-state index in [0.29, 0.717) is 31.1 Å². The number of ether oxygens (including phenoxy) is 1. The van der Waals surface area contributed by atoms with E-state index in [1.165, 1.54) is 6.07 Å². The van der Waals surface area contributed by atoms with Crippen LogP contribution >= 0.6 is 0 Å². The lowest BCUT2D eigenvalue weighted by Crippen LogP contribution is -2.46. The summed E-state index contributed by atoms with van der Waals surface area (Å²) >= 11 is 0. The van der Waals surface area contributed by atoms with Gasteiger partial charge in [-0.15, -0.1) is 4.40 Å². The maximum absolute atomic E-state index is 12.0. The van der Waals surface area contributed by atoms with Crippen molar-refractivity contribution in [3.05, 3.63) is 29.8 Å². The fourth-order valence-corrected chi connectivity index (χ4v) is 3.77. The summed E-state index contributed by atoms with van der Waals surface area (Å²) in [5.74, 6) is -0.562. The molecule has 1 N–H and O–H groups in total. The van der Waals surface area contributed by atoms with Gasteiger partial charge >= 0.3 is 5.97 Å². The number of carboxylic acids is 1. The van der Waals surface area contributed by atoms with E-state index >= 15 is 0 Å². The Hall–Kier alpha value is -1.93. The fraction of sp³-hybridized carbons (Fsp3) is 0.385. The Morgan fingerprint density at radius 2 is 2.19 bits per heavy atom. The third-order valence-corrected chi connectivity index (χ3v) is 4.78. The Labute approximate surface area is 121 Å². The summed E-state index contributed by atoms with van der Waals surface area (Å²) in [4.78, 5) is 12.7. The van der Waals surface area contributed by atoms with E-state index < -0.39 is 22.1 Å². The van der Waals surface area contributed by atoms with Gasteiger partial charge in [-0.25, -0.2) is 0 Å². The lowest BCUT2D eigenvalue weighted by molar-refractivity contribution is -0.141. The van der Waals surface area contributed by atoms with E-state index in [1.807, 2.05) is 0 Å². The van der Waals surface area contributed by atoms with Crippen LogP contribution in [0.3, 0.4) is 0 Å². The summed E-state index contributed by atoms with van der Waals surface area (Å²) < 4.78 is 33.3. The van der Waals surface area contributed by atoms with Gasteiger partial charge in [-0.3, -0.25) is 4.79 Å². The number of nitrogens with zero attached hydrogens (tertiary/aromatic N) is 2. The van der Waals surface area contributed by atoms with Crippen molar-refractivity contribution in [2.45, 2.75) is 17.4 Å². The molecule has 8 heteroatoms. The molecule has 112 valence electrons. The van der Waals surface area contributed by atoms with Gasteiger partial charge in [-0.05, 0) is 12.1 Å². The van der Waals surface area contributed by atoms with Gasteiger partial charge in [0.25, 0.3) is 10.0 Å². The molecule has 1 atom stereocenters. The van der Waals surface area contributed by atoms with Crippen LogP contribution in [0, 0.1) is 0 Å². The number of fused-ring (bicyclic) bond motifs is 1. The number of aliphatic carboxylic acids is 1. The Balaban J connectivity index is 1.89. The van der Waals surface area contributed by atoms with E-state index in [-0.39, 0.29) is 11.3 Å². The standard InChI is InChI=1S/C13H14N2O5S/c16-12(17)7-9-8-15(5-6-20-9)13-10-3-1-2-4-11(10)21(18,19)14-13/h1-4,9H,5-8H2,(H,16,17). The molecule has 0 aliphatic carbocycles. The summed E-state index contributed by atoms with van der Waals surface area (Å²) in [5.41, 5.74) is 0.563. The predicted molar refractivity (Wildman–Crippen MR) is 73.7 cm³/mol. The molecule has 3 rings (SSSR count). The molecule has 2 aliphatic rings. The zero-order valence-electron chi connectivity index (χ0n) is 11.1. The molecule has 0 amide bonds. The summed E-state index contributed by atoms with van der Waals surface area (Å²) in [6, 6.07) is 6.64. The first-order valence-corrected chi connectivity index (χ1v) is 7.94. The van der Waals surface area contributed by atoms with Crippen LogP contribution in [0.5, 0.6) is 0 Å². The quantitative estimate of drug-likeness (QED) is 0.844. The van der Waals surface area contributed by atoms with Crippen LogP contribution in [0.2, 0.25) is 0 Å². The number of carbonyl (C=O) groups is 1. The van der Waals surface area contributed by atoms with Crippen LogP contribution in [0.15, 0.2) is 33.6 Å². The Morgan fingerprint density at radius 3 is 2.95 bits per heavy atom. The Bertz CT molecular complexity index is 713. The lowest BCUT2D eigenvalue weighted by Gasteiger charge is -2.33. The molecule has 0 radical (unpaired) electrons. The molecule has 7 nitrogen and oxygen atoms in total. The largest absolute Gasteiger partial charge is 0.481 e. The number of carboxylic acid groups (broad SMARTS) is 1. The van der Waals surface area contributed by atoms with Crippen LogP contribution in [-0.2, 0) is 19.6 Å². The second-order valence-electron chi connectivity index (χ2n) is 4.92. The minimum Gasteiger partial charge on any atom is -0.481 e. The third-order valence-electron chi connectivity index (χ3n) is 3.45. The number of morpholine rings is 1. The summed E-state index contributed by atoms with van der Waals surface area (Å²) in [6.45, 7) is 1.15. The zero-order chi connectivity index (χ0) is 15.0. The lowest BCUT2D eigenvalue weighted by atomic mass is 10.1. The highest BCUT2D eigenvalue weighted by Gasteiger charge is 2.34. The molecule has 1 saturated heterocycles. The van der Waals surface area contributed by atoms with Gasteiger partial charge in [0, 0.05) is 18.7 Å². The first-order valence-electron chi connectivity index (χ1n) is 6.50. The van der Waals surface area contributed by atoms with Gasteiger partial charge in [0.15, 0.2) is 5.84 Å². The van der Waals surface area contributed by atoms with Crippen molar-refractivity contribution < 1.29 is 23.1 Å². The normalized spacial score (nSPS) is 23.5. The van der Waals surface area contributed by atoms with Crippen LogP contribution < -0.4 is 0 Å². The van der Waals surface area contributed by atoms with Gasteiger partial charge in [-0.2, -0.15) is 8.42 Å². The highest BCUT2D eigenvalue weighted by atomic mass is 32.2. The molecule has 2 aliphatic heterocycles. The molecule has 1 fully saturated rings. The molecule has 0 spiro atoms. The maximum atomic E-state index is 12.0. The molecule has 0 saturated carbocycles. The van der Waals surface area contributed by atoms with E-state index in [4.69, 9.17) is 9.84 Å². The summed E-state index contributed by atoms with van der Waals surface area (Å²) in [5, 5.41) is 8.83. The monoisotopic (exact) mass is 310 g/mol. The Kier molecular flexibility index (Phi) is 3.42. The third kappa shape index (κ3) is 2.64. The molecule has 1 aromatic carbocycles. The van der Waals surface area contributed by atoms with Crippen LogP contribution in [-0.4, -0.2) is 56.0 Å². The molecular formula is C13H14N2O5S. The van der Waals surface area contributed by atoms with Gasteiger partial charge in [-0.1, -0.05) is 12.1 Å². The maximum Gasteiger partial charge on any atom is 0.306 e. The smallest absolute Gasteiger partial charge is 0.306 e. The van der Waals surface area contributed by atoms with Crippen molar-refractivity contribution in [2.24, 2.45) is 4.40 Å². The SMILES string of the molecule is O=C(O)CC1CN(C2=NS(=O)(=O)c3ccccc32)CCO1. The first-order chi connectivity index (χ1) is 9.97. The van der Waals surface area contributed by atoms with Crippen molar-refractivity contribution in [2.75, 3.05) is 19.7 Å². The van der Waals surface area contributed by atoms with Gasteiger partial charge in [0.2, 0.25) is 0 Å². The van der Waals surface area contributed by atoms with Gasteiger partial charge in [0.05, 0.1) is 19.1 Å². The second kappa shape index (κ2) is 5.12. The van der Waals surface area contributed by atoms with Crippen LogP contribution in [0.1, 0.15) is 12.0 Å². The molecule has 1 aromatic rings. The zero-order valence-corrected chi connectivity index (χ0v) is 11.9. The number of hydrogen-bond donors (Lipinski definition) is 1. The van der Waals surface area contributed by atoms with Crippen LogP contribution in [0.25, 0.3) is 0 Å². The van der Waals surface area contributed by atoms with Crippen molar-refractivity contribution >= 4 is 21.8 Å². The fourth-order valence-electron chi connectivity index (χ4n) is 2.55. The highest BCUT2D eigenvalue weighted by Crippen LogP contribution is 2.28. The van der Waals surface area contributed by atoms with Crippen LogP contribution in [0.4, 0.5) is 0 Å². The average Bonchev–Trinajstić information content (AvgIpc) is 2.71. The first kappa shape index (κ1) is 14.0. The minimum atomic E-state index is -3.66. The molecule has 0 bridgehead atoms. The predicted octanol–water partition coefficient (Wildman–Crippen LogP) is 0.311. The molecular weight excluding hydrogens is 296 g/mol. The average molecular weight is 310 g/mol. The van der Waals surface area contributed by atoms with Crippen molar-refractivity contribution in [3.8, 4) is 0 Å². The minimum absolute atomic E-state index is 0.113. The number of sulfonamides is 1.